The van der Waals surface area contributed by atoms with Gasteiger partial charge in [0.2, 0.25) is 5.95 Å². The van der Waals surface area contributed by atoms with Crippen LogP contribution in [0.4, 0.5) is 5.95 Å². The van der Waals surface area contributed by atoms with Gasteiger partial charge < -0.3 is 6.33 Å². The summed E-state index contributed by atoms with van der Waals surface area (Å²) < 4.78 is 0. The monoisotopic (exact) mass is 205 g/mol. The molecule has 0 fully saturated rings. The van der Waals surface area contributed by atoms with E-state index in [1.54, 1.807) is 0 Å². The Balaban J connectivity index is 0. The van der Waals surface area contributed by atoms with Crippen molar-refractivity contribution in [3.05, 3.63) is 22.1 Å². The van der Waals surface area contributed by atoms with Gasteiger partial charge in [-0.15, -0.1) is 0 Å². The molecule has 0 aromatic carbocycles. The Kier molecular flexibility index (Phi) is 6.08. The molecule has 0 saturated heterocycles. The molecule has 1 N–H and O–H groups in total. The van der Waals surface area contributed by atoms with Gasteiger partial charge in [-0.25, -0.2) is 4.98 Å². The number of nitrogens with zero attached hydrogens (tertiary/aromatic N) is 2. The van der Waals surface area contributed by atoms with E-state index in [1.807, 2.05) is 25.7 Å². The number of rotatable bonds is 3. The van der Waals surface area contributed by atoms with E-state index in [0.717, 1.165) is 18.8 Å². The molecule has 0 saturated carbocycles. The van der Waals surface area contributed by atoms with Crippen LogP contribution in [0, 0.1) is 6.92 Å². The van der Waals surface area contributed by atoms with Crippen LogP contribution in [-0.2, 0) is 0 Å². The van der Waals surface area contributed by atoms with Crippen LogP contribution in [-0.4, -0.2) is 23.1 Å². The largest absolute Gasteiger partial charge is 1.00 e. The molecule has 1 heterocycles. The zero-order chi connectivity index (χ0) is 9.84. The third kappa shape index (κ3) is 3.44. The first-order valence-corrected chi connectivity index (χ1v) is 4.50. The van der Waals surface area contributed by atoms with Crippen molar-refractivity contribution in [3.63, 3.8) is 0 Å². The molecule has 0 bridgehead atoms. The summed E-state index contributed by atoms with van der Waals surface area (Å²) in [6.45, 7) is 7.59. The van der Waals surface area contributed by atoms with Crippen LogP contribution in [0.2, 0.25) is 0 Å². The van der Waals surface area contributed by atoms with E-state index in [1.165, 1.54) is 6.07 Å². The summed E-state index contributed by atoms with van der Waals surface area (Å²) in [4.78, 5) is 20.1. The fraction of sp³-hybridized carbons (Fsp3) is 0.556. The number of hydrogen-bond acceptors (Lipinski definition) is 3. The van der Waals surface area contributed by atoms with Crippen molar-refractivity contribution in [1.29, 1.82) is 0 Å². The zero-order valence-corrected chi connectivity index (χ0v) is 11.3. The van der Waals surface area contributed by atoms with Gasteiger partial charge in [0.15, 0.2) is 0 Å². The molecular formula is C9H16N3NaO. The summed E-state index contributed by atoms with van der Waals surface area (Å²) in [7, 11) is 0. The molecule has 0 amide bonds. The molecule has 1 aromatic rings. The van der Waals surface area contributed by atoms with Crippen molar-refractivity contribution in [2.45, 2.75) is 20.8 Å². The van der Waals surface area contributed by atoms with Crippen molar-refractivity contribution in [1.82, 2.24) is 9.97 Å². The van der Waals surface area contributed by atoms with Gasteiger partial charge in [0.1, 0.15) is 0 Å². The summed E-state index contributed by atoms with van der Waals surface area (Å²) in [5.41, 5.74) is 0.667. The van der Waals surface area contributed by atoms with E-state index in [-0.39, 0.29) is 36.5 Å². The minimum absolute atomic E-state index is 0. The number of nitrogens with one attached hydrogen (secondary N) is 1. The number of aromatic amines is 1. The minimum atomic E-state index is -0.0885. The normalized spacial score (nSPS) is 9.36. The smallest absolute Gasteiger partial charge is 1.00 e. The van der Waals surface area contributed by atoms with E-state index >= 15 is 0 Å². The van der Waals surface area contributed by atoms with Crippen LogP contribution < -0.4 is 40.0 Å². The molecule has 14 heavy (non-hydrogen) atoms. The minimum Gasteiger partial charge on any atom is -1.00 e. The average Bonchev–Trinajstić information content (AvgIpc) is 2.04. The second-order valence-electron chi connectivity index (χ2n) is 2.88. The van der Waals surface area contributed by atoms with Crippen LogP contribution in [0.15, 0.2) is 10.9 Å². The summed E-state index contributed by atoms with van der Waals surface area (Å²) in [6.07, 6.45) is 0. The van der Waals surface area contributed by atoms with E-state index in [0.29, 0.717) is 5.95 Å². The van der Waals surface area contributed by atoms with Crippen LogP contribution in [0.5, 0.6) is 0 Å². The van der Waals surface area contributed by atoms with E-state index in [4.69, 9.17) is 0 Å². The van der Waals surface area contributed by atoms with Crippen LogP contribution >= 0.6 is 0 Å². The Labute approximate surface area is 108 Å². The van der Waals surface area contributed by atoms with Crippen molar-refractivity contribution in [2.75, 3.05) is 18.0 Å². The summed E-state index contributed by atoms with van der Waals surface area (Å²) in [6, 6.07) is 1.49. The quantitative estimate of drug-likeness (QED) is 0.583. The predicted octanol–water partition coefficient (Wildman–Crippen LogP) is -1.96. The van der Waals surface area contributed by atoms with Gasteiger partial charge in [-0.1, -0.05) is 0 Å². The van der Waals surface area contributed by atoms with Crippen LogP contribution in [0.3, 0.4) is 0 Å². The van der Waals surface area contributed by atoms with Crippen LogP contribution in [0.25, 0.3) is 0 Å². The summed E-state index contributed by atoms with van der Waals surface area (Å²) in [5, 5.41) is 0. The maximum absolute atomic E-state index is 11.1. The van der Waals surface area contributed by atoms with E-state index in [2.05, 4.69) is 9.97 Å². The molecule has 0 aliphatic heterocycles. The Bertz CT molecular complexity index is 338. The molecule has 74 valence electrons. The zero-order valence-electron chi connectivity index (χ0n) is 10.3. The van der Waals surface area contributed by atoms with Gasteiger partial charge in [0.25, 0.3) is 5.56 Å². The summed E-state index contributed by atoms with van der Waals surface area (Å²) in [5.74, 6) is 0.662. The van der Waals surface area contributed by atoms with E-state index < -0.39 is 0 Å². The maximum Gasteiger partial charge on any atom is 1.00 e. The third-order valence-corrected chi connectivity index (χ3v) is 1.92. The standard InChI is InChI=1S/C9H15N3O.Na.H/c1-4-12(5-2)9-10-7(3)6-8(13)11-9;;/h6H,4-5H2,1-3H3,(H,10,11,13);;/q;+1;-1. The first-order chi connectivity index (χ1) is 6.17. The first kappa shape index (κ1) is 13.7. The van der Waals surface area contributed by atoms with Crippen molar-refractivity contribution >= 4 is 5.95 Å². The molecule has 1 aromatic heterocycles. The number of H-pyrrole nitrogens is 1. The molecule has 0 aliphatic carbocycles. The third-order valence-electron chi connectivity index (χ3n) is 1.92. The Morgan fingerprint density at radius 3 is 2.50 bits per heavy atom. The first-order valence-electron chi connectivity index (χ1n) is 4.50. The number of aryl methyl sites for hydroxylation is 1. The van der Waals surface area contributed by atoms with Gasteiger partial charge in [0.05, 0.1) is 0 Å². The van der Waals surface area contributed by atoms with Crippen LogP contribution in [0.1, 0.15) is 21.0 Å². The Hall–Kier alpha value is -0.320. The van der Waals surface area contributed by atoms with Gasteiger partial charge >= 0.3 is 29.6 Å². The second-order valence-corrected chi connectivity index (χ2v) is 2.88. The SMILES string of the molecule is CCN(CC)c1nc(C)cc(=O)[nH]1.[H-].[Na+]. The average molecular weight is 205 g/mol. The van der Waals surface area contributed by atoms with Crippen molar-refractivity contribution in [2.24, 2.45) is 0 Å². The molecule has 0 spiro atoms. The number of aromatic nitrogens is 2. The van der Waals surface area contributed by atoms with Crippen molar-refractivity contribution < 1.29 is 31.0 Å². The fourth-order valence-electron chi connectivity index (χ4n) is 1.24. The molecule has 0 unspecified atom stereocenters. The molecule has 4 nitrogen and oxygen atoms in total. The number of anilines is 1. The molecular weight excluding hydrogens is 189 g/mol. The molecule has 0 atom stereocenters. The topological polar surface area (TPSA) is 49.0 Å². The van der Waals surface area contributed by atoms with Gasteiger partial charge in [-0.2, -0.15) is 0 Å². The molecule has 0 radical (unpaired) electrons. The fourth-order valence-corrected chi connectivity index (χ4v) is 1.24. The Morgan fingerprint density at radius 1 is 1.50 bits per heavy atom. The van der Waals surface area contributed by atoms with Crippen molar-refractivity contribution in [3.8, 4) is 0 Å². The molecule has 1 rings (SSSR count). The maximum atomic E-state index is 11.1. The number of hydrogen-bond donors (Lipinski definition) is 1. The van der Waals surface area contributed by atoms with Gasteiger partial charge in [-0.3, -0.25) is 9.78 Å². The predicted molar refractivity (Wildman–Crippen MR) is 54.3 cm³/mol. The second kappa shape index (κ2) is 6.22. The summed E-state index contributed by atoms with van der Waals surface area (Å²) >= 11 is 0. The Morgan fingerprint density at radius 2 is 2.07 bits per heavy atom. The van der Waals surface area contributed by atoms with Gasteiger partial charge in [-0.05, 0) is 20.8 Å². The molecule has 0 aliphatic rings. The molecule has 5 heteroatoms. The van der Waals surface area contributed by atoms with Gasteiger partial charge in [0, 0.05) is 24.8 Å². The van der Waals surface area contributed by atoms with E-state index in [9.17, 15) is 4.79 Å².